The molecule has 0 spiro atoms. The lowest BCUT2D eigenvalue weighted by Gasteiger charge is -2.10. The monoisotopic (exact) mass is 326 g/mol. The molecule has 0 atom stereocenters. The zero-order valence-electron chi connectivity index (χ0n) is 13.8. The van der Waals surface area contributed by atoms with Gasteiger partial charge in [0.15, 0.2) is 11.5 Å². The number of hydrogen-bond acceptors (Lipinski definition) is 5. The molecule has 1 aliphatic heterocycles. The number of rotatable bonds is 5. The third kappa shape index (κ3) is 2.80. The van der Waals surface area contributed by atoms with Crippen LogP contribution in [-0.4, -0.2) is 33.9 Å². The number of hydrogen-bond donors (Lipinski definition) is 0. The summed E-state index contributed by atoms with van der Waals surface area (Å²) in [6.07, 6.45) is 0. The third-order valence-corrected chi connectivity index (χ3v) is 3.96. The summed E-state index contributed by atoms with van der Waals surface area (Å²) in [5.74, 6) is 1.60. The highest BCUT2D eigenvalue weighted by Gasteiger charge is 2.28. The lowest BCUT2D eigenvalue weighted by Crippen LogP contribution is -2.00. The maximum absolute atomic E-state index is 12.3. The van der Waals surface area contributed by atoms with E-state index in [0.29, 0.717) is 17.1 Å². The van der Waals surface area contributed by atoms with Gasteiger partial charge < -0.3 is 18.9 Å². The predicted molar refractivity (Wildman–Crippen MR) is 90.3 cm³/mol. The van der Waals surface area contributed by atoms with Crippen molar-refractivity contribution in [2.45, 2.75) is 0 Å². The van der Waals surface area contributed by atoms with Gasteiger partial charge in [-0.15, -0.1) is 0 Å². The van der Waals surface area contributed by atoms with Gasteiger partial charge in [-0.2, -0.15) is 0 Å². The summed E-state index contributed by atoms with van der Waals surface area (Å²) in [4.78, 5) is 12.3. The van der Waals surface area contributed by atoms with E-state index in [1.54, 1.807) is 33.5 Å². The molecule has 1 heterocycles. The van der Waals surface area contributed by atoms with Crippen molar-refractivity contribution in [2.24, 2.45) is 0 Å². The molecule has 0 amide bonds. The van der Waals surface area contributed by atoms with E-state index in [-0.39, 0.29) is 12.6 Å². The fraction of sp³-hybridized carbons (Fsp3) is 0.211. The number of carbonyl (C=O) groups is 1. The number of carbonyl (C=O) groups excluding carboxylic acids is 1. The molecule has 0 aliphatic carbocycles. The van der Waals surface area contributed by atoms with Crippen LogP contribution in [0.5, 0.6) is 17.2 Å². The Kier molecular flexibility index (Phi) is 4.42. The van der Waals surface area contributed by atoms with Crippen LogP contribution < -0.4 is 14.2 Å². The van der Waals surface area contributed by atoms with E-state index in [1.165, 1.54) is 0 Å². The Labute approximate surface area is 140 Å². The van der Waals surface area contributed by atoms with E-state index in [1.807, 2.05) is 30.3 Å². The Balaban J connectivity index is 2.09. The van der Waals surface area contributed by atoms with E-state index >= 15 is 0 Å². The Hall–Kier alpha value is -2.95. The second-order valence-corrected chi connectivity index (χ2v) is 5.23. The highest BCUT2D eigenvalue weighted by molar-refractivity contribution is 6.27. The van der Waals surface area contributed by atoms with E-state index in [2.05, 4.69) is 0 Å². The molecular formula is C19H18O5. The summed E-state index contributed by atoms with van der Waals surface area (Å²) in [5.41, 5.74) is 3.04. The standard InChI is InChI=1S/C19H18O5/c1-21-14-7-4-12(5-8-14)15-11-24-19(20)18(15)13-6-9-16(22-2)17(10-13)23-3/h4-10H,11H2,1-3H3. The molecule has 5 heteroatoms. The Morgan fingerprint density at radius 1 is 0.833 bits per heavy atom. The van der Waals surface area contributed by atoms with E-state index in [4.69, 9.17) is 18.9 Å². The fourth-order valence-electron chi connectivity index (χ4n) is 2.71. The van der Waals surface area contributed by atoms with E-state index in [0.717, 1.165) is 22.4 Å². The molecule has 0 unspecified atom stereocenters. The number of cyclic esters (lactones) is 1. The highest BCUT2D eigenvalue weighted by atomic mass is 16.5. The van der Waals surface area contributed by atoms with Gasteiger partial charge in [0.25, 0.3) is 0 Å². The fourth-order valence-corrected chi connectivity index (χ4v) is 2.71. The molecule has 0 saturated heterocycles. The Morgan fingerprint density at radius 2 is 1.50 bits per heavy atom. The minimum atomic E-state index is -0.340. The van der Waals surface area contributed by atoms with Crippen molar-refractivity contribution in [1.29, 1.82) is 0 Å². The third-order valence-electron chi connectivity index (χ3n) is 3.96. The van der Waals surface area contributed by atoms with Crippen molar-refractivity contribution in [3.8, 4) is 17.2 Å². The zero-order valence-corrected chi connectivity index (χ0v) is 13.8. The van der Waals surface area contributed by atoms with Crippen molar-refractivity contribution < 1.29 is 23.7 Å². The first-order valence-corrected chi connectivity index (χ1v) is 7.45. The molecule has 2 aromatic rings. The Morgan fingerprint density at radius 3 is 2.12 bits per heavy atom. The molecule has 24 heavy (non-hydrogen) atoms. The first kappa shape index (κ1) is 15.9. The highest BCUT2D eigenvalue weighted by Crippen LogP contribution is 2.37. The maximum Gasteiger partial charge on any atom is 0.339 e. The second kappa shape index (κ2) is 6.66. The number of methoxy groups -OCH3 is 3. The van der Waals surface area contributed by atoms with Gasteiger partial charge in [-0.1, -0.05) is 18.2 Å². The van der Waals surface area contributed by atoms with Gasteiger partial charge in [-0.25, -0.2) is 4.79 Å². The molecule has 0 N–H and O–H groups in total. The lowest BCUT2D eigenvalue weighted by atomic mass is 9.96. The SMILES string of the molecule is COc1ccc(C2=C(c3ccc(OC)c(OC)c3)C(=O)OC2)cc1. The molecule has 5 nitrogen and oxygen atoms in total. The minimum absolute atomic E-state index is 0.245. The quantitative estimate of drug-likeness (QED) is 0.790. The van der Waals surface area contributed by atoms with Gasteiger partial charge in [-0.3, -0.25) is 0 Å². The first-order chi connectivity index (χ1) is 11.7. The Bertz CT molecular complexity index is 790. The number of benzene rings is 2. The topological polar surface area (TPSA) is 54.0 Å². The molecule has 0 fully saturated rings. The van der Waals surface area contributed by atoms with Crippen LogP contribution in [-0.2, 0) is 9.53 Å². The molecule has 124 valence electrons. The van der Waals surface area contributed by atoms with Gasteiger partial charge in [0, 0.05) is 5.57 Å². The van der Waals surface area contributed by atoms with Crippen molar-refractivity contribution in [3.05, 3.63) is 53.6 Å². The van der Waals surface area contributed by atoms with Crippen LogP contribution in [0.1, 0.15) is 11.1 Å². The molecule has 0 bridgehead atoms. The average molecular weight is 326 g/mol. The summed E-state index contributed by atoms with van der Waals surface area (Å²) in [5, 5.41) is 0. The van der Waals surface area contributed by atoms with Crippen LogP contribution >= 0.6 is 0 Å². The van der Waals surface area contributed by atoms with Crippen LogP contribution in [0, 0.1) is 0 Å². The largest absolute Gasteiger partial charge is 0.497 e. The van der Waals surface area contributed by atoms with Crippen molar-refractivity contribution in [3.63, 3.8) is 0 Å². The first-order valence-electron chi connectivity index (χ1n) is 7.45. The van der Waals surface area contributed by atoms with Gasteiger partial charge in [-0.05, 0) is 35.4 Å². The summed E-state index contributed by atoms with van der Waals surface area (Å²) in [6.45, 7) is 0.245. The molecule has 2 aromatic carbocycles. The van der Waals surface area contributed by atoms with Gasteiger partial charge in [0.2, 0.25) is 0 Å². The zero-order chi connectivity index (χ0) is 17.1. The van der Waals surface area contributed by atoms with Crippen LogP contribution in [0.2, 0.25) is 0 Å². The predicted octanol–water partition coefficient (Wildman–Crippen LogP) is 3.18. The summed E-state index contributed by atoms with van der Waals surface area (Å²) in [6, 6.07) is 12.9. The summed E-state index contributed by atoms with van der Waals surface area (Å²) >= 11 is 0. The molecule has 1 aliphatic rings. The molecule has 0 saturated carbocycles. The molecule has 3 rings (SSSR count). The number of esters is 1. The molecule has 0 radical (unpaired) electrons. The van der Waals surface area contributed by atoms with Crippen LogP contribution in [0.4, 0.5) is 0 Å². The average Bonchev–Trinajstić information content (AvgIpc) is 3.02. The van der Waals surface area contributed by atoms with Gasteiger partial charge in [0.1, 0.15) is 12.4 Å². The van der Waals surface area contributed by atoms with Crippen LogP contribution in [0.3, 0.4) is 0 Å². The van der Waals surface area contributed by atoms with E-state index < -0.39 is 0 Å². The number of ether oxygens (including phenoxy) is 4. The van der Waals surface area contributed by atoms with Gasteiger partial charge in [0.05, 0.1) is 26.9 Å². The normalized spacial score (nSPS) is 13.7. The van der Waals surface area contributed by atoms with E-state index in [9.17, 15) is 4.79 Å². The maximum atomic E-state index is 12.3. The van der Waals surface area contributed by atoms with Crippen molar-refractivity contribution >= 4 is 17.1 Å². The molecule has 0 aromatic heterocycles. The summed E-state index contributed by atoms with van der Waals surface area (Å²) < 4.78 is 21.0. The summed E-state index contributed by atoms with van der Waals surface area (Å²) in [7, 11) is 4.75. The van der Waals surface area contributed by atoms with Crippen molar-refractivity contribution in [1.82, 2.24) is 0 Å². The smallest absolute Gasteiger partial charge is 0.339 e. The molecular weight excluding hydrogens is 308 g/mol. The van der Waals surface area contributed by atoms with Crippen molar-refractivity contribution in [2.75, 3.05) is 27.9 Å². The van der Waals surface area contributed by atoms with Gasteiger partial charge >= 0.3 is 5.97 Å². The lowest BCUT2D eigenvalue weighted by molar-refractivity contribution is -0.133. The van der Waals surface area contributed by atoms with Crippen LogP contribution in [0.15, 0.2) is 42.5 Å². The van der Waals surface area contributed by atoms with Crippen LogP contribution in [0.25, 0.3) is 11.1 Å². The second-order valence-electron chi connectivity index (χ2n) is 5.23. The minimum Gasteiger partial charge on any atom is -0.497 e.